The summed E-state index contributed by atoms with van der Waals surface area (Å²) in [6, 6.07) is 7.59. The number of para-hydroxylation sites is 2. The van der Waals surface area contributed by atoms with Crippen molar-refractivity contribution >= 4 is 35.6 Å². The average molecular weight is 415 g/mol. The molecule has 0 unspecified atom stereocenters. The van der Waals surface area contributed by atoms with E-state index in [-0.39, 0.29) is 24.0 Å². The predicted molar refractivity (Wildman–Crippen MR) is 100 cm³/mol. The first-order valence-electron chi connectivity index (χ1n) is 6.89. The Hall–Kier alpha value is -1.77. The Morgan fingerprint density at radius 1 is 1.41 bits per heavy atom. The third-order valence-electron chi connectivity index (χ3n) is 3.19. The lowest BCUT2D eigenvalue weighted by atomic mass is 10.1. The summed E-state index contributed by atoms with van der Waals surface area (Å²) in [4.78, 5) is 4.32. The maximum absolute atomic E-state index is 5.88. The van der Waals surface area contributed by atoms with Gasteiger partial charge < -0.3 is 15.8 Å². The van der Waals surface area contributed by atoms with Gasteiger partial charge >= 0.3 is 0 Å². The molecule has 0 saturated carbocycles. The first kappa shape index (κ1) is 18.3. The van der Waals surface area contributed by atoms with Crippen molar-refractivity contribution < 1.29 is 4.74 Å². The van der Waals surface area contributed by atoms with E-state index in [2.05, 4.69) is 20.5 Å². The molecule has 0 spiro atoms. The van der Waals surface area contributed by atoms with Crippen LogP contribution in [0.4, 0.5) is 5.69 Å². The van der Waals surface area contributed by atoms with Crippen LogP contribution in [0.5, 0.6) is 5.75 Å². The van der Waals surface area contributed by atoms with Gasteiger partial charge in [-0.15, -0.1) is 24.0 Å². The first-order chi connectivity index (χ1) is 10.2. The molecule has 1 heterocycles. The van der Waals surface area contributed by atoms with Crippen molar-refractivity contribution in [2.24, 2.45) is 10.7 Å². The highest BCUT2D eigenvalue weighted by Crippen LogP contribution is 2.22. The van der Waals surface area contributed by atoms with E-state index < -0.39 is 0 Å². The molecule has 2 aromatic rings. The van der Waals surface area contributed by atoms with Crippen LogP contribution in [-0.4, -0.2) is 29.8 Å². The summed E-state index contributed by atoms with van der Waals surface area (Å²) in [7, 11) is 1.63. The molecule has 7 heteroatoms. The van der Waals surface area contributed by atoms with Crippen LogP contribution in [0.15, 0.2) is 35.5 Å². The van der Waals surface area contributed by atoms with E-state index in [9.17, 15) is 0 Å². The zero-order chi connectivity index (χ0) is 15.1. The fourth-order valence-electron chi connectivity index (χ4n) is 2.02. The van der Waals surface area contributed by atoms with Crippen LogP contribution in [0.2, 0.25) is 0 Å². The number of aliphatic imine (C=N–C) groups is 1. The molecule has 22 heavy (non-hydrogen) atoms. The topological polar surface area (TPSA) is 88.3 Å². The monoisotopic (exact) mass is 415 g/mol. The van der Waals surface area contributed by atoms with Crippen LogP contribution >= 0.6 is 24.0 Å². The zero-order valence-corrected chi connectivity index (χ0v) is 15.1. The molecule has 0 bridgehead atoms. The maximum atomic E-state index is 5.88. The molecule has 2 rings (SSSR count). The molecule has 1 aromatic carbocycles. The highest BCUT2D eigenvalue weighted by Gasteiger charge is 2.02. The normalized spacial score (nSPS) is 10.9. The fraction of sp³-hybridized carbons (Fsp3) is 0.333. The van der Waals surface area contributed by atoms with Gasteiger partial charge in [-0.05, 0) is 37.5 Å². The van der Waals surface area contributed by atoms with Crippen LogP contribution in [0, 0.1) is 6.92 Å². The van der Waals surface area contributed by atoms with Gasteiger partial charge in [-0.3, -0.25) is 10.1 Å². The van der Waals surface area contributed by atoms with Crippen LogP contribution in [0.1, 0.15) is 17.7 Å². The molecule has 0 aliphatic rings. The van der Waals surface area contributed by atoms with Gasteiger partial charge in [0.05, 0.1) is 19.0 Å². The van der Waals surface area contributed by atoms with Gasteiger partial charge in [0.15, 0.2) is 5.96 Å². The van der Waals surface area contributed by atoms with Gasteiger partial charge in [-0.2, -0.15) is 5.10 Å². The van der Waals surface area contributed by atoms with Crippen molar-refractivity contribution in [1.29, 1.82) is 0 Å². The van der Waals surface area contributed by atoms with E-state index in [4.69, 9.17) is 10.5 Å². The molecular formula is C15H22IN5O. The number of nitrogens with two attached hydrogens (primary N) is 1. The summed E-state index contributed by atoms with van der Waals surface area (Å²) >= 11 is 0. The highest BCUT2D eigenvalue weighted by molar-refractivity contribution is 14.0. The second kappa shape index (κ2) is 9.29. The van der Waals surface area contributed by atoms with Crippen molar-refractivity contribution in [3.63, 3.8) is 0 Å². The minimum Gasteiger partial charge on any atom is -0.495 e. The molecule has 0 saturated heterocycles. The molecule has 6 nitrogen and oxygen atoms in total. The lowest BCUT2D eigenvalue weighted by molar-refractivity contribution is 0.417. The van der Waals surface area contributed by atoms with Gasteiger partial charge in [0.25, 0.3) is 0 Å². The Balaban J connectivity index is 0.00000242. The predicted octanol–water partition coefficient (Wildman–Crippen LogP) is 2.70. The number of halogens is 1. The summed E-state index contributed by atoms with van der Waals surface area (Å²) in [6.07, 6.45) is 3.72. The summed E-state index contributed by atoms with van der Waals surface area (Å²) in [5, 5.41) is 9.98. The number of ether oxygens (including phenoxy) is 1. The molecule has 120 valence electrons. The molecule has 0 aliphatic carbocycles. The SMILES string of the molecule is COc1ccccc1NC(N)=NCCCc1cn[nH]c1C.I. The minimum absolute atomic E-state index is 0. The third kappa shape index (κ3) is 5.21. The van der Waals surface area contributed by atoms with Gasteiger partial charge in [0.2, 0.25) is 0 Å². The van der Waals surface area contributed by atoms with Gasteiger partial charge in [-0.1, -0.05) is 12.1 Å². The molecule has 0 radical (unpaired) electrons. The number of anilines is 1. The standard InChI is InChI=1S/C15H21N5O.HI/c1-11-12(10-18-20-11)6-5-9-17-15(16)19-13-7-3-4-8-14(13)21-2;/h3-4,7-8,10H,5-6,9H2,1-2H3,(H,18,20)(H3,16,17,19);1H. The number of hydrogen-bond donors (Lipinski definition) is 3. The number of rotatable bonds is 6. The molecule has 0 aliphatic heterocycles. The molecule has 0 atom stereocenters. The van der Waals surface area contributed by atoms with E-state index in [1.54, 1.807) is 7.11 Å². The van der Waals surface area contributed by atoms with Crippen molar-refractivity contribution in [2.45, 2.75) is 19.8 Å². The number of benzene rings is 1. The molecule has 0 amide bonds. The van der Waals surface area contributed by atoms with Gasteiger partial charge in [0.1, 0.15) is 5.75 Å². The third-order valence-corrected chi connectivity index (χ3v) is 3.19. The smallest absolute Gasteiger partial charge is 0.193 e. The van der Waals surface area contributed by atoms with E-state index in [0.717, 1.165) is 30.0 Å². The number of nitrogens with one attached hydrogen (secondary N) is 2. The van der Waals surface area contributed by atoms with Gasteiger partial charge in [-0.25, -0.2) is 0 Å². The summed E-state index contributed by atoms with van der Waals surface area (Å²) < 4.78 is 5.25. The van der Waals surface area contributed by atoms with E-state index in [1.807, 2.05) is 37.4 Å². The fourth-order valence-corrected chi connectivity index (χ4v) is 2.02. The summed E-state index contributed by atoms with van der Waals surface area (Å²) in [6.45, 7) is 2.68. The lowest BCUT2D eigenvalue weighted by Crippen LogP contribution is -2.23. The number of aromatic nitrogens is 2. The lowest BCUT2D eigenvalue weighted by Gasteiger charge is -2.10. The van der Waals surface area contributed by atoms with Crippen LogP contribution in [-0.2, 0) is 6.42 Å². The number of nitrogens with zero attached hydrogens (tertiary/aromatic N) is 2. The quantitative estimate of drug-likeness (QED) is 0.293. The summed E-state index contributed by atoms with van der Waals surface area (Å²) in [5.74, 6) is 1.13. The molecule has 0 fully saturated rings. The van der Waals surface area contributed by atoms with Crippen molar-refractivity contribution in [3.8, 4) is 5.75 Å². The van der Waals surface area contributed by atoms with Crippen molar-refractivity contribution in [3.05, 3.63) is 41.7 Å². The Morgan fingerprint density at radius 3 is 2.86 bits per heavy atom. The number of hydrogen-bond acceptors (Lipinski definition) is 3. The second-order valence-corrected chi connectivity index (χ2v) is 4.72. The first-order valence-corrected chi connectivity index (χ1v) is 6.89. The highest BCUT2D eigenvalue weighted by atomic mass is 127. The number of aryl methyl sites for hydroxylation is 2. The van der Waals surface area contributed by atoms with Crippen molar-refractivity contribution in [2.75, 3.05) is 19.0 Å². The molecule has 1 aromatic heterocycles. The summed E-state index contributed by atoms with van der Waals surface area (Å²) in [5.41, 5.74) is 9.03. The van der Waals surface area contributed by atoms with E-state index in [1.165, 1.54) is 5.56 Å². The van der Waals surface area contributed by atoms with Crippen LogP contribution < -0.4 is 15.8 Å². The average Bonchev–Trinajstić information content (AvgIpc) is 2.89. The minimum atomic E-state index is 0. The Labute approximate surface area is 147 Å². The van der Waals surface area contributed by atoms with Crippen LogP contribution in [0.3, 0.4) is 0 Å². The Morgan fingerprint density at radius 2 is 2.18 bits per heavy atom. The largest absolute Gasteiger partial charge is 0.495 e. The number of guanidine groups is 1. The maximum Gasteiger partial charge on any atom is 0.193 e. The second-order valence-electron chi connectivity index (χ2n) is 4.72. The number of aromatic amines is 1. The Kier molecular flexibility index (Phi) is 7.72. The van der Waals surface area contributed by atoms with E-state index in [0.29, 0.717) is 12.5 Å². The molecular weight excluding hydrogens is 393 g/mol. The van der Waals surface area contributed by atoms with Gasteiger partial charge in [0, 0.05) is 12.2 Å². The van der Waals surface area contributed by atoms with Crippen LogP contribution in [0.25, 0.3) is 0 Å². The van der Waals surface area contributed by atoms with Crippen molar-refractivity contribution in [1.82, 2.24) is 10.2 Å². The zero-order valence-electron chi connectivity index (χ0n) is 12.8. The molecule has 4 N–H and O–H groups in total. The van der Waals surface area contributed by atoms with E-state index >= 15 is 0 Å². The Bertz CT molecular complexity index is 611. The number of methoxy groups -OCH3 is 1. The number of H-pyrrole nitrogens is 1.